The SMILES string of the molecule is Cc1nc(N)cc(NC(C)c2nccs2)n1. The molecule has 0 radical (unpaired) electrons. The van der Waals surface area contributed by atoms with Gasteiger partial charge >= 0.3 is 0 Å². The molecule has 0 amide bonds. The summed E-state index contributed by atoms with van der Waals surface area (Å²) in [6.07, 6.45) is 1.79. The molecule has 1 atom stereocenters. The van der Waals surface area contributed by atoms with Gasteiger partial charge in [0.1, 0.15) is 22.5 Å². The maximum Gasteiger partial charge on any atom is 0.132 e. The van der Waals surface area contributed by atoms with Crippen LogP contribution in [0.4, 0.5) is 11.6 Å². The Labute approximate surface area is 97.8 Å². The molecule has 2 rings (SSSR count). The summed E-state index contributed by atoms with van der Waals surface area (Å²) in [6.45, 7) is 3.85. The fraction of sp³-hybridized carbons (Fsp3) is 0.300. The number of nitrogens with two attached hydrogens (primary N) is 1. The molecule has 2 heterocycles. The summed E-state index contributed by atoms with van der Waals surface area (Å²) in [5, 5.41) is 6.22. The molecule has 0 aliphatic heterocycles. The number of aromatic nitrogens is 3. The largest absolute Gasteiger partial charge is 0.384 e. The monoisotopic (exact) mass is 235 g/mol. The first kappa shape index (κ1) is 10.8. The third-order valence-corrected chi connectivity index (χ3v) is 3.00. The smallest absolute Gasteiger partial charge is 0.132 e. The Bertz CT molecular complexity index is 448. The Morgan fingerprint density at radius 3 is 2.88 bits per heavy atom. The van der Waals surface area contributed by atoms with E-state index in [2.05, 4.69) is 20.3 Å². The van der Waals surface area contributed by atoms with Crippen molar-refractivity contribution in [2.24, 2.45) is 0 Å². The summed E-state index contributed by atoms with van der Waals surface area (Å²) >= 11 is 1.61. The average Bonchev–Trinajstić information content (AvgIpc) is 2.68. The molecule has 2 aromatic rings. The van der Waals surface area contributed by atoms with Crippen LogP contribution in [0, 0.1) is 6.92 Å². The van der Waals surface area contributed by atoms with Gasteiger partial charge in [-0.15, -0.1) is 11.3 Å². The number of rotatable bonds is 3. The van der Waals surface area contributed by atoms with Gasteiger partial charge < -0.3 is 11.1 Å². The van der Waals surface area contributed by atoms with Crippen molar-refractivity contribution in [2.75, 3.05) is 11.1 Å². The quantitative estimate of drug-likeness (QED) is 0.850. The Morgan fingerprint density at radius 2 is 2.25 bits per heavy atom. The molecule has 0 bridgehead atoms. The molecular weight excluding hydrogens is 222 g/mol. The van der Waals surface area contributed by atoms with Crippen LogP contribution in [0.5, 0.6) is 0 Å². The third kappa shape index (κ3) is 2.46. The zero-order valence-corrected chi connectivity index (χ0v) is 9.95. The average molecular weight is 235 g/mol. The lowest BCUT2D eigenvalue weighted by atomic mass is 10.3. The lowest BCUT2D eigenvalue weighted by Gasteiger charge is -2.12. The van der Waals surface area contributed by atoms with Gasteiger partial charge in [0.25, 0.3) is 0 Å². The van der Waals surface area contributed by atoms with E-state index in [-0.39, 0.29) is 6.04 Å². The second-order valence-corrected chi connectivity index (χ2v) is 4.39. The Morgan fingerprint density at radius 1 is 1.44 bits per heavy atom. The standard InChI is InChI=1S/C10H13N5S/c1-6(10-12-3-4-16-10)13-9-5-8(11)14-7(2)15-9/h3-6H,1-2H3,(H3,11,13,14,15). The molecule has 1 unspecified atom stereocenters. The van der Waals surface area contributed by atoms with Crippen LogP contribution < -0.4 is 11.1 Å². The molecule has 6 heteroatoms. The number of nitrogens with zero attached hydrogens (tertiary/aromatic N) is 3. The summed E-state index contributed by atoms with van der Waals surface area (Å²) < 4.78 is 0. The minimum Gasteiger partial charge on any atom is -0.384 e. The topological polar surface area (TPSA) is 76.7 Å². The summed E-state index contributed by atoms with van der Waals surface area (Å²) in [5.41, 5.74) is 5.65. The fourth-order valence-corrected chi connectivity index (χ4v) is 2.04. The highest BCUT2D eigenvalue weighted by atomic mass is 32.1. The number of nitrogen functional groups attached to an aromatic ring is 1. The molecule has 16 heavy (non-hydrogen) atoms. The van der Waals surface area contributed by atoms with E-state index in [1.165, 1.54) is 0 Å². The van der Waals surface area contributed by atoms with Gasteiger partial charge in [0.05, 0.1) is 6.04 Å². The van der Waals surface area contributed by atoms with Gasteiger partial charge in [-0.25, -0.2) is 15.0 Å². The van der Waals surface area contributed by atoms with Crippen LogP contribution in [0.15, 0.2) is 17.6 Å². The first-order valence-corrected chi connectivity index (χ1v) is 5.80. The Balaban J connectivity index is 2.15. The van der Waals surface area contributed by atoms with E-state index in [0.717, 1.165) is 10.8 Å². The molecule has 3 N–H and O–H groups in total. The number of hydrogen-bond donors (Lipinski definition) is 2. The van der Waals surface area contributed by atoms with Crippen molar-refractivity contribution in [3.05, 3.63) is 28.5 Å². The fourth-order valence-electron chi connectivity index (χ4n) is 1.40. The Hall–Kier alpha value is -1.69. The number of anilines is 2. The van der Waals surface area contributed by atoms with Gasteiger partial charge in [0, 0.05) is 17.6 Å². The number of aryl methyl sites for hydroxylation is 1. The highest BCUT2D eigenvalue weighted by Gasteiger charge is 2.09. The predicted molar refractivity (Wildman–Crippen MR) is 65.3 cm³/mol. The molecular formula is C10H13N5S. The van der Waals surface area contributed by atoms with Crippen LogP contribution in [-0.4, -0.2) is 15.0 Å². The molecule has 0 aromatic carbocycles. The zero-order chi connectivity index (χ0) is 11.5. The van der Waals surface area contributed by atoms with E-state index in [9.17, 15) is 0 Å². The van der Waals surface area contributed by atoms with Gasteiger partial charge in [-0.3, -0.25) is 0 Å². The van der Waals surface area contributed by atoms with Crippen LogP contribution in [0.25, 0.3) is 0 Å². The predicted octanol–water partition coefficient (Wildman–Crippen LogP) is 2.00. The van der Waals surface area contributed by atoms with E-state index < -0.39 is 0 Å². The van der Waals surface area contributed by atoms with Crippen molar-refractivity contribution < 1.29 is 0 Å². The molecule has 0 saturated heterocycles. The lowest BCUT2D eigenvalue weighted by Crippen LogP contribution is -2.09. The maximum absolute atomic E-state index is 5.65. The first-order valence-electron chi connectivity index (χ1n) is 4.92. The van der Waals surface area contributed by atoms with Gasteiger partial charge in [-0.05, 0) is 13.8 Å². The van der Waals surface area contributed by atoms with E-state index in [0.29, 0.717) is 11.6 Å². The van der Waals surface area contributed by atoms with E-state index in [4.69, 9.17) is 5.73 Å². The zero-order valence-electron chi connectivity index (χ0n) is 9.14. The number of hydrogen-bond acceptors (Lipinski definition) is 6. The second-order valence-electron chi connectivity index (χ2n) is 3.46. The molecule has 5 nitrogen and oxygen atoms in total. The molecule has 2 aromatic heterocycles. The molecule has 84 valence electrons. The first-order chi connectivity index (χ1) is 7.65. The summed E-state index contributed by atoms with van der Waals surface area (Å²) in [4.78, 5) is 12.5. The molecule has 0 saturated carbocycles. The third-order valence-electron chi connectivity index (χ3n) is 2.04. The van der Waals surface area contributed by atoms with Crippen LogP contribution in [0.1, 0.15) is 23.8 Å². The molecule has 0 fully saturated rings. The van der Waals surface area contributed by atoms with Crippen molar-refractivity contribution in [3.8, 4) is 0 Å². The lowest BCUT2D eigenvalue weighted by molar-refractivity contribution is 0.855. The summed E-state index contributed by atoms with van der Waals surface area (Å²) in [5.74, 6) is 1.86. The highest BCUT2D eigenvalue weighted by Crippen LogP contribution is 2.20. The van der Waals surface area contributed by atoms with Gasteiger partial charge in [-0.2, -0.15) is 0 Å². The second kappa shape index (κ2) is 4.44. The van der Waals surface area contributed by atoms with E-state index >= 15 is 0 Å². The Kier molecular flexibility index (Phi) is 3.00. The normalized spacial score (nSPS) is 12.4. The van der Waals surface area contributed by atoms with Crippen molar-refractivity contribution >= 4 is 23.0 Å². The maximum atomic E-state index is 5.65. The molecule has 0 spiro atoms. The van der Waals surface area contributed by atoms with Crippen molar-refractivity contribution in [1.82, 2.24) is 15.0 Å². The van der Waals surface area contributed by atoms with Crippen molar-refractivity contribution in [3.63, 3.8) is 0 Å². The minimum atomic E-state index is 0.119. The van der Waals surface area contributed by atoms with Crippen molar-refractivity contribution in [1.29, 1.82) is 0 Å². The van der Waals surface area contributed by atoms with Crippen LogP contribution in [0.3, 0.4) is 0 Å². The van der Waals surface area contributed by atoms with Crippen LogP contribution in [0.2, 0.25) is 0 Å². The van der Waals surface area contributed by atoms with Crippen molar-refractivity contribution in [2.45, 2.75) is 19.9 Å². The van der Waals surface area contributed by atoms with Gasteiger partial charge in [0.2, 0.25) is 0 Å². The molecule has 0 aliphatic carbocycles. The number of thiazole rings is 1. The van der Waals surface area contributed by atoms with Gasteiger partial charge in [0.15, 0.2) is 0 Å². The van der Waals surface area contributed by atoms with Crippen LogP contribution in [-0.2, 0) is 0 Å². The molecule has 0 aliphatic rings. The summed E-state index contributed by atoms with van der Waals surface area (Å²) in [7, 11) is 0. The van der Waals surface area contributed by atoms with Gasteiger partial charge in [-0.1, -0.05) is 0 Å². The van der Waals surface area contributed by atoms with Crippen LogP contribution >= 0.6 is 11.3 Å². The minimum absolute atomic E-state index is 0.119. The van der Waals surface area contributed by atoms with E-state index in [1.807, 2.05) is 19.2 Å². The van der Waals surface area contributed by atoms with E-state index in [1.54, 1.807) is 23.6 Å². The highest BCUT2D eigenvalue weighted by molar-refractivity contribution is 7.09. The summed E-state index contributed by atoms with van der Waals surface area (Å²) in [6, 6.07) is 1.84. The number of nitrogens with one attached hydrogen (secondary N) is 1.